The van der Waals surface area contributed by atoms with E-state index in [0.29, 0.717) is 24.7 Å². The van der Waals surface area contributed by atoms with Crippen molar-refractivity contribution in [3.63, 3.8) is 0 Å². The summed E-state index contributed by atoms with van der Waals surface area (Å²) in [5, 5.41) is 0. The average molecular weight is 197 g/mol. The first-order valence-corrected chi connectivity index (χ1v) is 4.68. The number of ether oxygens (including phenoxy) is 2. The SMILES string of the molecule is CCOC(=O)c1cc(C)[nH]c1OCC. The molecule has 78 valence electrons. The third kappa shape index (κ3) is 2.28. The number of carbonyl (C=O) groups excluding carboxylic acids is 1. The lowest BCUT2D eigenvalue weighted by molar-refractivity contribution is 0.0522. The predicted octanol–water partition coefficient (Wildman–Crippen LogP) is 1.90. The summed E-state index contributed by atoms with van der Waals surface area (Å²) in [5.41, 5.74) is 1.35. The van der Waals surface area contributed by atoms with Gasteiger partial charge < -0.3 is 14.5 Å². The van der Waals surface area contributed by atoms with E-state index in [1.54, 1.807) is 13.0 Å². The highest BCUT2D eigenvalue weighted by Crippen LogP contribution is 2.19. The molecule has 0 atom stereocenters. The van der Waals surface area contributed by atoms with Gasteiger partial charge in [0.15, 0.2) is 0 Å². The van der Waals surface area contributed by atoms with Gasteiger partial charge in [-0.2, -0.15) is 0 Å². The number of hydrogen-bond acceptors (Lipinski definition) is 3. The Morgan fingerprint density at radius 3 is 2.71 bits per heavy atom. The highest BCUT2D eigenvalue weighted by molar-refractivity contribution is 5.92. The molecule has 4 nitrogen and oxygen atoms in total. The molecule has 0 amide bonds. The summed E-state index contributed by atoms with van der Waals surface area (Å²) in [7, 11) is 0. The minimum Gasteiger partial charge on any atom is -0.479 e. The van der Waals surface area contributed by atoms with Crippen LogP contribution in [0.1, 0.15) is 29.9 Å². The Kier molecular flexibility index (Phi) is 3.56. The van der Waals surface area contributed by atoms with Crippen molar-refractivity contribution in [3.05, 3.63) is 17.3 Å². The number of rotatable bonds is 4. The van der Waals surface area contributed by atoms with Crippen molar-refractivity contribution >= 4 is 5.97 Å². The van der Waals surface area contributed by atoms with Crippen LogP contribution < -0.4 is 4.74 Å². The van der Waals surface area contributed by atoms with E-state index >= 15 is 0 Å². The molecular weight excluding hydrogens is 182 g/mol. The van der Waals surface area contributed by atoms with Gasteiger partial charge in [-0.1, -0.05) is 0 Å². The molecule has 0 bridgehead atoms. The van der Waals surface area contributed by atoms with Crippen molar-refractivity contribution in [2.24, 2.45) is 0 Å². The van der Waals surface area contributed by atoms with Crippen LogP contribution in [0.2, 0.25) is 0 Å². The highest BCUT2D eigenvalue weighted by Gasteiger charge is 2.15. The molecular formula is C10H15NO3. The second-order valence-corrected chi connectivity index (χ2v) is 2.85. The van der Waals surface area contributed by atoms with Crippen molar-refractivity contribution in [2.75, 3.05) is 13.2 Å². The lowest BCUT2D eigenvalue weighted by Crippen LogP contribution is -2.06. The lowest BCUT2D eigenvalue weighted by Gasteiger charge is -2.03. The fraction of sp³-hybridized carbons (Fsp3) is 0.500. The number of aromatic amines is 1. The summed E-state index contributed by atoms with van der Waals surface area (Å²) in [6.45, 7) is 6.40. The van der Waals surface area contributed by atoms with E-state index in [-0.39, 0.29) is 5.97 Å². The molecule has 4 heteroatoms. The molecule has 0 fully saturated rings. The van der Waals surface area contributed by atoms with Crippen molar-refractivity contribution in [1.29, 1.82) is 0 Å². The van der Waals surface area contributed by atoms with Crippen LogP contribution in [0.5, 0.6) is 5.88 Å². The average Bonchev–Trinajstić information content (AvgIpc) is 2.48. The fourth-order valence-electron chi connectivity index (χ4n) is 1.18. The number of aromatic nitrogens is 1. The molecule has 1 N–H and O–H groups in total. The van der Waals surface area contributed by atoms with Gasteiger partial charge in [-0.15, -0.1) is 0 Å². The number of carbonyl (C=O) groups is 1. The number of H-pyrrole nitrogens is 1. The zero-order valence-electron chi connectivity index (χ0n) is 8.72. The van der Waals surface area contributed by atoms with Gasteiger partial charge in [-0.05, 0) is 26.8 Å². The molecule has 0 unspecified atom stereocenters. The Bertz CT molecular complexity index is 317. The van der Waals surface area contributed by atoms with Gasteiger partial charge in [0.1, 0.15) is 5.56 Å². The van der Waals surface area contributed by atoms with Gasteiger partial charge in [-0.3, -0.25) is 0 Å². The Hall–Kier alpha value is -1.45. The highest BCUT2D eigenvalue weighted by atomic mass is 16.5. The normalized spacial score (nSPS) is 9.93. The van der Waals surface area contributed by atoms with Gasteiger partial charge in [0.05, 0.1) is 13.2 Å². The van der Waals surface area contributed by atoms with E-state index < -0.39 is 0 Å². The monoisotopic (exact) mass is 197 g/mol. The van der Waals surface area contributed by atoms with Gasteiger partial charge in [0.2, 0.25) is 5.88 Å². The molecule has 0 saturated carbocycles. The number of hydrogen-bond donors (Lipinski definition) is 1. The molecule has 1 aromatic rings. The minimum absolute atomic E-state index is 0.347. The summed E-state index contributed by atoms with van der Waals surface area (Å²) in [4.78, 5) is 14.4. The second kappa shape index (κ2) is 4.69. The first-order valence-electron chi connectivity index (χ1n) is 4.68. The van der Waals surface area contributed by atoms with E-state index in [2.05, 4.69) is 4.98 Å². The molecule has 14 heavy (non-hydrogen) atoms. The quantitative estimate of drug-likeness (QED) is 0.750. The Labute approximate surface area is 83.2 Å². The summed E-state index contributed by atoms with van der Waals surface area (Å²) >= 11 is 0. The largest absolute Gasteiger partial charge is 0.479 e. The second-order valence-electron chi connectivity index (χ2n) is 2.85. The van der Waals surface area contributed by atoms with Gasteiger partial charge >= 0.3 is 5.97 Å². The molecule has 0 aliphatic carbocycles. The van der Waals surface area contributed by atoms with Crippen LogP contribution in [0, 0.1) is 6.92 Å². The zero-order chi connectivity index (χ0) is 10.6. The molecule has 1 heterocycles. The maximum atomic E-state index is 11.4. The Balaban J connectivity index is 2.88. The fourth-order valence-corrected chi connectivity index (χ4v) is 1.18. The third-order valence-corrected chi connectivity index (χ3v) is 1.70. The van der Waals surface area contributed by atoms with Crippen LogP contribution in [0.15, 0.2) is 6.07 Å². The Morgan fingerprint density at radius 2 is 2.14 bits per heavy atom. The molecule has 0 spiro atoms. The lowest BCUT2D eigenvalue weighted by atomic mass is 10.3. The van der Waals surface area contributed by atoms with E-state index in [1.807, 2.05) is 13.8 Å². The molecule has 0 saturated heterocycles. The van der Waals surface area contributed by atoms with E-state index in [9.17, 15) is 4.79 Å². The summed E-state index contributed by atoms with van der Waals surface area (Å²) in [6.07, 6.45) is 0. The van der Waals surface area contributed by atoms with Crippen molar-refractivity contribution < 1.29 is 14.3 Å². The minimum atomic E-state index is -0.347. The Morgan fingerprint density at radius 1 is 1.43 bits per heavy atom. The first kappa shape index (κ1) is 10.6. The molecule has 0 aliphatic heterocycles. The van der Waals surface area contributed by atoms with Crippen LogP contribution in [-0.2, 0) is 4.74 Å². The zero-order valence-corrected chi connectivity index (χ0v) is 8.72. The first-order chi connectivity index (χ1) is 6.69. The molecule has 0 aliphatic rings. The van der Waals surface area contributed by atoms with Crippen LogP contribution >= 0.6 is 0 Å². The molecule has 0 radical (unpaired) electrons. The van der Waals surface area contributed by atoms with Crippen LogP contribution in [-0.4, -0.2) is 24.2 Å². The van der Waals surface area contributed by atoms with E-state index in [1.165, 1.54) is 0 Å². The van der Waals surface area contributed by atoms with Crippen molar-refractivity contribution in [1.82, 2.24) is 4.98 Å². The smallest absolute Gasteiger partial charge is 0.343 e. The summed E-state index contributed by atoms with van der Waals surface area (Å²) in [6, 6.07) is 1.73. The van der Waals surface area contributed by atoms with Crippen molar-refractivity contribution in [2.45, 2.75) is 20.8 Å². The van der Waals surface area contributed by atoms with Crippen LogP contribution in [0.25, 0.3) is 0 Å². The summed E-state index contributed by atoms with van der Waals surface area (Å²) in [5.74, 6) is 0.142. The number of aryl methyl sites for hydroxylation is 1. The number of nitrogens with one attached hydrogen (secondary N) is 1. The maximum Gasteiger partial charge on any atom is 0.343 e. The molecule has 1 aromatic heterocycles. The van der Waals surface area contributed by atoms with Gasteiger partial charge in [0, 0.05) is 5.69 Å². The van der Waals surface area contributed by atoms with Crippen molar-refractivity contribution in [3.8, 4) is 5.88 Å². The van der Waals surface area contributed by atoms with Crippen LogP contribution in [0.3, 0.4) is 0 Å². The number of esters is 1. The van der Waals surface area contributed by atoms with E-state index in [4.69, 9.17) is 9.47 Å². The predicted molar refractivity (Wildman–Crippen MR) is 52.7 cm³/mol. The van der Waals surface area contributed by atoms with Crippen LogP contribution in [0.4, 0.5) is 0 Å². The maximum absolute atomic E-state index is 11.4. The summed E-state index contributed by atoms with van der Waals surface area (Å²) < 4.78 is 10.2. The van der Waals surface area contributed by atoms with Gasteiger partial charge in [-0.25, -0.2) is 4.79 Å². The standard InChI is InChI=1S/C10H15NO3/c1-4-13-9-8(6-7(3)11-9)10(12)14-5-2/h6,11H,4-5H2,1-3H3. The molecule has 0 aromatic carbocycles. The topological polar surface area (TPSA) is 51.3 Å². The van der Waals surface area contributed by atoms with Gasteiger partial charge in [0.25, 0.3) is 0 Å². The van der Waals surface area contributed by atoms with E-state index in [0.717, 1.165) is 5.69 Å². The molecule has 1 rings (SSSR count). The third-order valence-electron chi connectivity index (χ3n) is 1.70.